The highest BCUT2D eigenvalue weighted by atomic mass is 28.1. The molecule has 0 aliphatic rings. The SMILES string of the molecule is COC([SiH3])(CCCNCCCN(C)C)OC. The minimum atomic E-state index is -0.286. The van der Waals surface area contributed by atoms with Gasteiger partial charge in [0.1, 0.15) is 5.41 Å². The highest BCUT2D eigenvalue weighted by molar-refractivity contribution is 6.13. The summed E-state index contributed by atoms with van der Waals surface area (Å²) in [5.74, 6) is 0. The standard InChI is InChI=1S/C11H28N2O2Si/c1-13(2)10-6-9-12-8-5-7-11(16,14-3)15-4/h12H,5-10H2,1-4,16H3. The Bertz CT molecular complexity index is 164. The van der Waals surface area contributed by atoms with E-state index >= 15 is 0 Å². The molecule has 0 aromatic carbocycles. The number of hydrogen-bond donors (Lipinski definition) is 1. The minimum absolute atomic E-state index is 0.286. The fourth-order valence-electron chi connectivity index (χ4n) is 1.47. The van der Waals surface area contributed by atoms with E-state index in [9.17, 15) is 0 Å². The maximum atomic E-state index is 5.35. The smallest absolute Gasteiger partial charge is 0.140 e. The van der Waals surface area contributed by atoms with Crippen molar-refractivity contribution in [2.75, 3.05) is 47.9 Å². The summed E-state index contributed by atoms with van der Waals surface area (Å²) in [6.45, 7) is 3.28. The molecule has 0 amide bonds. The van der Waals surface area contributed by atoms with Crippen LogP contribution >= 0.6 is 0 Å². The van der Waals surface area contributed by atoms with Gasteiger partial charge in [0.2, 0.25) is 0 Å². The van der Waals surface area contributed by atoms with Crippen molar-refractivity contribution in [1.82, 2.24) is 10.2 Å². The molecule has 0 aromatic heterocycles. The van der Waals surface area contributed by atoms with Crippen LogP contribution in [0.3, 0.4) is 0 Å². The molecule has 0 spiro atoms. The lowest BCUT2D eigenvalue weighted by molar-refractivity contribution is -0.146. The Morgan fingerprint density at radius 3 is 2.19 bits per heavy atom. The summed E-state index contributed by atoms with van der Waals surface area (Å²) in [6.07, 6.45) is 3.29. The normalized spacial score (nSPS) is 12.6. The van der Waals surface area contributed by atoms with E-state index in [0.29, 0.717) is 0 Å². The summed E-state index contributed by atoms with van der Waals surface area (Å²) in [7, 11) is 8.56. The molecule has 0 bridgehead atoms. The van der Waals surface area contributed by atoms with Crippen LogP contribution in [0.1, 0.15) is 19.3 Å². The Balaban J connectivity index is 3.33. The van der Waals surface area contributed by atoms with Gasteiger partial charge >= 0.3 is 0 Å². The van der Waals surface area contributed by atoms with Crippen LogP contribution in [0.4, 0.5) is 0 Å². The molecule has 4 nitrogen and oxygen atoms in total. The van der Waals surface area contributed by atoms with E-state index in [4.69, 9.17) is 9.47 Å². The zero-order chi connectivity index (χ0) is 12.4. The molecule has 1 N–H and O–H groups in total. The van der Waals surface area contributed by atoms with Crippen molar-refractivity contribution in [2.24, 2.45) is 0 Å². The van der Waals surface area contributed by atoms with E-state index in [1.165, 1.54) is 6.42 Å². The molecule has 0 aliphatic heterocycles. The van der Waals surface area contributed by atoms with Gasteiger partial charge in [-0.25, -0.2) is 0 Å². The summed E-state index contributed by atoms with van der Waals surface area (Å²) >= 11 is 0. The zero-order valence-electron chi connectivity index (χ0n) is 11.5. The number of ether oxygens (including phenoxy) is 2. The van der Waals surface area contributed by atoms with Gasteiger partial charge in [-0.3, -0.25) is 0 Å². The molecule has 5 heteroatoms. The van der Waals surface area contributed by atoms with E-state index in [0.717, 1.165) is 42.7 Å². The average molecular weight is 248 g/mol. The first-order valence-corrected chi connectivity index (χ1v) is 7.00. The number of hydrogen-bond acceptors (Lipinski definition) is 4. The quantitative estimate of drug-likeness (QED) is 0.325. The van der Waals surface area contributed by atoms with Crippen LogP contribution in [0.5, 0.6) is 0 Å². The van der Waals surface area contributed by atoms with Gasteiger partial charge < -0.3 is 19.7 Å². The molecule has 0 saturated heterocycles. The second kappa shape index (κ2) is 9.12. The van der Waals surface area contributed by atoms with Crippen molar-refractivity contribution < 1.29 is 9.47 Å². The van der Waals surface area contributed by atoms with E-state index < -0.39 is 0 Å². The average Bonchev–Trinajstić information content (AvgIpc) is 2.27. The van der Waals surface area contributed by atoms with Gasteiger partial charge in [-0.1, -0.05) is 0 Å². The van der Waals surface area contributed by atoms with Crippen LogP contribution in [0.2, 0.25) is 0 Å². The van der Waals surface area contributed by atoms with Crippen LogP contribution in [-0.4, -0.2) is 68.5 Å². The first kappa shape index (κ1) is 16.1. The molecule has 0 fully saturated rings. The Hall–Kier alpha value is 0.0569. The molecule has 0 atom stereocenters. The van der Waals surface area contributed by atoms with Crippen LogP contribution in [0.25, 0.3) is 0 Å². The fourth-order valence-corrected chi connectivity index (χ4v) is 1.82. The van der Waals surface area contributed by atoms with Gasteiger partial charge in [0, 0.05) is 14.2 Å². The molecule has 0 heterocycles. The predicted molar refractivity (Wildman–Crippen MR) is 72.0 cm³/mol. The molecule has 0 unspecified atom stereocenters. The van der Waals surface area contributed by atoms with Crippen molar-refractivity contribution in [3.8, 4) is 0 Å². The van der Waals surface area contributed by atoms with Crippen LogP contribution in [-0.2, 0) is 9.47 Å². The molecule has 0 aromatic rings. The highest BCUT2D eigenvalue weighted by Gasteiger charge is 2.20. The van der Waals surface area contributed by atoms with Gasteiger partial charge in [0.25, 0.3) is 0 Å². The monoisotopic (exact) mass is 248 g/mol. The number of nitrogens with one attached hydrogen (secondary N) is 1. The lowest BCUT2D eigenvalue weighted by Gasteiger charge is -2.26. The first-order chi connectivity index (χ1) is 7.54. The van der Waals surface area contributed by atoms with Crippen molar-refractivity contribution in [2.45, 2.75) is 24.7 Å². The van der Waals surface area contributed by atoms with Crippen molar-refractivity contribution in [3.05, 3.63) is 0 Å². The van der Waals surface area contributed by atoms with E-state index in [1.54, 1.807) is 14.2 Å². The zero-order valence-corrected chi connectivity index (χ0v) is 13.5. The molecule has 0 saturated carbocycles. The summed E-state index contributed by atoms with van der Waals surface area (Å²) in [4.78, 5) is 2.21. The lowest BCUT2D eigenvalue weighted by Crippen LogP contribution is -2.35. The molecule has 98 valence electrons. The van der Waals surface area contributed by atoms with E-state index in [2.05, 4.69) is 24.3 Å². The summed E-state index contributed by atoms with van der Waals surface area (Å²) in [6, 6.07) is 0. The van der Waals surface area contributed by atoms with E-state index in [-0.39, 0.29) is 5.41 Å². The molecular weight excluding hydrogens is 220 g/mol. The molecular formula is C11H28N2O2Si. The minimum Gasteiger partial charge on any atom is -0.358 e. The van der Waals surface area contributed by atoms with Crippen LogP contribution in [0, 0.1) is 0 Å². The Morgan fingerprint density at radius 1 is 1.12 bits per heavy atom. The van der Waals surface area contributed by atoms with Crippen LogP contribution in [0.15, 0.2) is 0 Å². The molecule has 0 aliphatic carbocycles. The Kier molecular flexibility index (Phi) is 9.16. The third kappa shape index (κ3) is 8.24. The third-order valence-corrected chi connectivity index (χ3v) is 4.12. The van der Waals surface area contributed by atoms with Crippen molar-refractivity contribution in [1.29, 1.82) is 0 Å². The van der Waals surface area contributed by atoms with Gasteiger partial charge in [0.15, 0.2) is 0 Å². The number of nitrogens with zero attached hydrogens (tertiary/aromatic N) is 1. The van der Waals surface area contributed by atoms with Crippen LogP contribution < -0.4 is 5.32 Å². The lowest BCUT2D eigenvalue weighted by atomic mass is 10.3. The van der Waals surface area contributed by atoms with Gasteiger partial charge in [0.05, 0.1) is 10.2 Å². The number of methoxy groups -OCH3 is 2. The fraction of sp³-hybridized carbons (Fsp3) is 1.00. The van der Waals surface area contributed by atoms with Crippen molar-refractivity contribution in [3.63, 3.8) is 0 Å². The Morgan fingerprint density at radius 2 is 1.69 bits per heavy atom. The van der Waals surface area contributed by atoms with E-state index in [1.807, 2.05) is 0 Å². The largest absolute Gasteiger partial charge is 0.358 e. The van der Waals surface area contributed by atoms with Gasteiger partial charge in [-0.05, 0) is 53.0 Å². The summed E-state index contributed by atoms with van der Waals surface area (Å²) < 4.78 is 10.7. The maximum Gasteiger partial charge on any atom is 0.140 e. The first-order valence-electron chi connectivity index (χ1n) is 6.00. The third-order valence-electron chi connectivity index (χ3n) is 2.81. The van der Waals surface area contributed by atoms with Crippen molar-refractivity contribution >= 4 is 10.2 Å². The Labute approximate surface area is 103 Å². The number of rotatable bonds is 10. The predicted octanol–water partition coefficient (Wildman–Crippen LogP) is -0.380. The molecule has 0 radical (unpaired) electrons. The van der Waals surface area contributed by atoms with Gasteiger partial charge in [-0.2, -0.15) is 0 Å². The second-order valence-corrected chi connectivity index (χ2v) is 6.08. The molecule has 16 heavy (non-hydrogen) atoms. The maximum absolute atomic E-state index is 5.35. The summed E-state index contributed by atoms with van der Waals surface area (Å²) in [5, 5.41) is 3.44. The summed E-state index contributed by atoms with van der Waals surface area (Å²) in [5.41, 5.74) is -0.286. The topological polar surface area (TPSA) is 33.7 Å². The second-order valence-electron chi connectivity index (χ2n) is 4.55. The van der Waals surface area contributed by atoms with Gasteiger partial charge in [-0.15, -0.1) is 0 Å². The highest BCUT2D eigenvalue weighted by Crippen LogP contribution is 2.12. The molecule has 0 rings (SSSR count).